The summed E-state index contributed by atoms with van der Waals surface area (Å²) in [7, 11) is 0. The molecule has 0 unspecified atom stereocenters. The Labute approximate surface area is 357 Å². The van der Waals surface area contributed by atoms with E-state index < -0.39 is 0 Å². The third-order valence-electron chi connectivity index (χ3n) is 11.0. The topological polar surface area (TPSA) is 68.6 Å². The standard InChI is InChI=1S/C53H37N5.Pt/c1-53(2,3)39-29-36(28-37(30-39)47-31-45(38(32-54)33-55-47)35-18-8-5-9-19-35)41-22-15-27-49-51(41)57-52(44-24-14-23-43-42-21-10-12-25-46(42)56-50(43)44)58(49)48-26-13-11-20-40(48)34-16-6-4-7-17-34;/h4-27,29-31,33H,1-3H3;/q-2;+2. The van der Waals surface area contributed by atoms with Gasteiger partial charge in [-0.3, -0.25) is 9.55 Å². The average molecular weight is 939 g/mol. The zero-order valence-electron chi connectivity index (χ0n) is 32.7. The van der Waals surface area contributed by atoms with Gasteiger partial charge in [0.15, 0.2) is 0 Å². The molecule has 0 saturated carbocycles. The maximum Gasteiger partial charge on any atom is 2.00 e. The van der Waals surface area contributed by atoms with Crippen LogP contribution in [0.4, 0.5) is 0 Å². The quantitative estimate of drug-likeness (QED) is 0.156. The third kappa shape index (κ3) is 6.66. The number of fused-ring (bicyclic) bond motifs is 4. The van der Waals surface area contributed by atoms with Crippen molar-refractivity contribution in [2.24, 2.45) is 0 Å². The zero-order chi connectivity index (χ0) is 39.4. The summed E-state index contributed by atoms with van der Waals surface area (Å²) in [5, 5.41) is 12.3. The van der Waals surface area contributed by atoms with Crippen LogP contribution in [0.15, 0.2) is 170 Å². The molecule has 0 bridgehead atoms. The first-order valence-corrected chi connectivity index (χ1v) is 19.5. The van der Waals surface area contributed by atoms with Crippen molar-refractivity contribution in [2.75, 3.05) is 0 Å². The first kappa shape index (κ1) is 37.7. The van der Waals surface area contributed by atoms with E-state index in [0.717, 1.165) is 100 Å². The fourth-order valence-corrected chi connectivity index (χ4v) is 8.09. The zero-order valence-corrected chi connectivity index (χ0v) is 35.0. The molecule has 284 valence electrons. The van der Waals surface area contributed by atoms with E-state index in [1.807, 2.05) is 42.5 Å². The van der Waals surface area contributed by atoms with Crippen LogP contribution in [0.5, 0.6) is 0 Å². The molecule has 6 heteroatoms. The monoisotopic (exact) mass is 938 g/mol. The Morgan fingerprint density at radius 1 is 0.627 bits per heavy atom. The van der Waals surface area contributed by atoms with Crippen LogP contribution in [0.2, 0.25) is 0 Å². The van der Waals surface area contributed by atoms with Crippen LogP contribution >= 0.6 is 0 Å². The Kier molecular flexibility index (Phi) is 9.68. The van der Waals surface area contributed by atoms with Gasteiger partial charge >= 0.3 is 21.1 Å². The fraction of sp³-hybridized carbons (Fsp3) is 0.0755. The number of para-hydroxylation sites is 4. The second kappa shape index (κ2) is 15.1. The van der Waals surface area contributed by atoms with Crippen molar-refractivity contribution in [2.45, 2.75) is 26.2 Å². The van der Waals surface area contributed by atoms with Gasteiger partial charge in [0.05, 0.1) is 22.3 Å². The molecule has 0 spiro atoms. The summed E-state index contributed by atoms with van der Waals surface area (Å²) in [6.45, 7) is 6.68. The first-order valence-electron chi connectivity index (χ1n) is 19.5. The summed E-state index contributed by atoms with van der Waals surface area (Å²) in [6.07, 6.45) is 1.68. The maximum absolute atomic E-state index is 10.0. The van der Waals surface area contributed by atoms with Crippen LogP contribution in [-0.4, -0.2) is 14.5 Å². The summed E-state index contributed by atoms with van der Waals surface area (Å²) in [6, 6.07) is 62.8. The molecule has 10 aromatic rings. The summed E-state index contributed by atoms with van der Waals surface area (Å²) in [5.41, 5.74) is 14.7. The van der Waals surface area contributed by atoms with Crippen molar-refractivity contribution in [3.8, 4) is 67.8 Å². The predicted octanol–water partition coefficient (Wildman–Crippen LogP) is 13.0. The second-order valence-electron chi connectivity index (χ2n) is 15.7. The number of aromatic nitrogens is 4. The SMILES string of the molecule is CC(C)(C)c1cc(-c2cc(-c3ccccc3)c(C#N)cn2)[c-]c(-c2cccc3c2nc(-c2cccc4c2[n-]c2ccccc24)n3-c2ccccc2-c2ccccc2)c1.[Pt+2]. The van der Waals surface area contributed by atoms with Crippen LogP contribution in [0, 0.1) is 17.4 Å². The van der Waals surface area contributed by atoms with Gasteiger partial charge in [0.1, 0.15) is 11.9 Å². The molecular formula is C53H37N5Pt. The van der Waals surface area contributed by atoms with Gasteiger partial charge < -0.3 is 4.98 Å². The summed E-state index contributed by atoms with van der Waals surface area (Å²) in [4.78, 5) is 15.6. The van der Waals surface area contributed by atoms with Gasteiger partial charge in [-0.25, -0.2) is 4.98 Å². The van der Waals surface area contributed by atoms with Gasteiger partial charge in [-0.15, -0.1) is 40.4 Å². The third-order valence-corrected chi connectivity index (χ3v) is 11.0. The summed E-state index contributed by atoms with van der Waals surface area (Å²) < 4.78 is 2.30. The van der Waals surface area contributed by atoms with Gasteiger partial charge in [-0.2, -0.15) is 5.26 Å². The summed E-state index contributed by atoms with van der Waals surface area (Å²) >= 11 is 0. The van der Waals surface area contributed by atoms with E-state index >= 15 is 0 Å². The Morgan fingerprint density at radius 3 is 2.02 bits per heavy atom. The molecular weight excluding hydrogens is 902 g/mol. The molecule has 0 aliphatic carbocycles. The Morgan fingerprint density at radius 2 is 1.25 bits per heavy atom. The largest absolute Gasteiger partial charge is 2.00 e. The second-order valence-corrected chi connectivity index (χ2v) is 15.7. The van der Waals surface area contributed by atoms with Crippen LogP contribution in [0.3, 0.4) is 0 Å². The fourth-order valence-electron chi connectivity index (χ4n) is 8.09. The van der Waals surface area contributed by atoms with Crippen molar-refractivity contribution in [1.82, 2.24) is 19.5 Å². The molecule has 0 saturated heterocycles. The molecule has 10 rings (SSSR count). The minimum absolute atomic E-state index is 0. The van der Waals surface area contributed by atoms with Gasteiger partial charge in [0.2, 0.25) is 0 Å². The molecule has 0 atom stereocenters. The molecule has 59 heavy (non-hydrogen) atoms. The van der Waals surface area contributed by atoms with E-state index in [0.29, 0.717) is 5.56 Å². The van der Waals surface area contributed by atoms with Crippen LogP contribution < -0.4 is 4.98 Å². The van der Waals surface area contributed by atoms with Crippen molar-refractivity contribution in [3.63, 3.8) is 0 Å². The van der Waals surface area contributed by atoms with E-state index in [1.165, 1.54) is 0 Å². The van der Waals surface area contributed by atoms with E-state index in [2.05, 4.69) is 159 Å². The van der Waals surface area contributed by atoms with Gasteiger partial charge in [-0.05, 0) is 45.0 Å². The van der Waals surface area contributed by atoms with Gasteiger partial charge in [0, 0.05) is 23.0 Å². The molecule has 0 radical (unpaired) electrons. The van der Waals surface area contributed by atoms with Gasteiger partial charge in [-0.1, -0.05) is 171 Å². The Balaban J connectivity index is 0.00000449. The van der Waals surface area contributed by atoms with E-state index in [1.54, 1.807) is 6.20 Å². The molecule has 0 N–H and O–H groups in total. The molecule has 0 amide bonds. The Hall–Kier alpha value is -6.86. The minimum Gasteiger partial charge on any atom is -0.656 e. The number of hydrogen-bond acceptors (Lipinski definition) is 3. The van der Waals surface area contributed by atoms with E-state index in [-0.39, 0.29) is 26.5 Å². The number of pyridine rings is 1. The van der Waals surface area contributed by atoms with Crippen molar-refractivity contribution < 1.29 is 21.1 Å². The number of imidazole rings is 1. The predicted molar refractivity (Wildman–Crippen MR) is 237 cm³/mol. The molecule has 3 aromatic heterocycles. The molecule has 3 heterocycles. The molecule has 5 nitrogen and oxygen atoms in total. The molecule has 0 fully saturated rings. The number of hydrogen-bond donors (Lipinski definition) is 0. The van der Waals surface area contributed by atoms with Crippen LogP contribution in [0.1, 0.15) is 31.9 Å². The van der Waals surface area contributed by atoms with Gasteiger partial charge in [0.25, 0.3) is 0 Å². The number of benzene rings is 7. The normalized spacial score (nSPS) is 11.5. The van der Waals surface area contributed by atoms with Crippen molar-refractivity contribution >= 4 is 32.8 Å². The van der Waals surface area contributed by atoms with E-state index in [9.17, 15) is 5.26 Å². The van der Waals surface area contributed by atoms with Crippen molar-refractivity contribution in [1.29, 1.82) is 5.26 Å². The molecule has 0 aliphatic heterocycles. The Bertz CT molecular complexity index is 3220. The van der Waals surface area contributed by atoms with Crippen LogP contribution in [0.25, 0.3) is 94.6 Å². The minimum atomic E-state index is -0.179. The maximum atomic E-state index is 10.0. The van der Waals surface area contributed by atoms with E-state index in [4.69, 9.17) is 15.0 Å². The van der Waals surface area contributed by atoms with Crippen LogP contribution in [-0.2, 0) is 26.5 Å². The average Bonchev–Trinajstić information content (AvgIpc) is 3.85. The number of rotatable bonds is 6. The smallest absolute Gasteiger partial charge is 0.656 e. The van der Waals surface area contributed by atoms with Crippen molar-refractivity contribution in [3.05, 3.63) is 187 Å². The molecule has 7 aromatic carbocycles. The summed E-state index contributed by atoms with van der Waals surface area (Å²) in [5.74, 6) is 0.813. The number of nitriles is 1. The number of nitrogens with zero attached hydrogens (tertiary/aromatic N) is 5. The first-order chi connectivity index (χ1) is 28.4. The molecule has 0 aliphatic rings.